The van der Waals surface area contributed by atoms with Gasteiger partial charge in [-0.05, 0) is 38.0 Å². The second kappa shape index (κ2) is 17.3. The Balaban J connectivity index is 0.000000735. The van der Waals surface area contributed by atoms with Crippen LogP contribution in [0.25, 0.3) is 0 Å². The maximum atomic E-state index is 11.5. The third-order valence-electron chi connectivity index (χ3n) is 4.72. The van der Waals surface area contributed by atoms with E-state index in [0.29, 0.717) is 25.4 Å². The molecule has 0 saturated heterocycles. The predicted octanol–water partition coefficient (Wildman–Crippen LogP) is 4.63. The highest BCUT2D eigenvalue weighted by atomic mass is 16.4. The molecule has 1 amide bonds. The van der Waals surface area contributed by atoms with Crippen molar-refractivity contribution in [2.75, 3.05) is 6.54 Å². The van der Waals surface area contributed by atoms with Crippen LogP contribution in [-0.4, -0.2) is 29.6 Å². The summed E-state index contributed by atoms with van der Waals surface area (Å²) in [4.78, 5) is 21.8. The molecule has 0 aromatic carbocycles. The fourth-order valence-electron chi connectivity index (χ4n) is 3.04. The predicted molar refractivity (Wildman–Crippen MR) is 108 cm³/mol. The molecule has 0 atom stereocenters. The van der Waals surface area contributed by atoms with Crippen molar-refractivity contribution in [1.29, 1.82) is 0 Å². The number of carbonyl (C=O) groups is 2. The minimum absolute atomic E-state index is 0.128. The smallest absolute Gasteiger partial charge is 0.303 e. The van der Waals surface area contributed by atoms with Crippen LogP contribution in [0.2, 0.25) is 0 Å². The van der Waals surface area contributed by atoms with Crippen LogP contribution in [0.3, 0.4) is 0 Å². The number of nitrogens with one attached hydrogen (secondary N) is 1. The lowest BCUT2D eigenvalue weighted by atomic mass is 9.97. The van der Waals surface area contributed by atoms with Crippen molar-refractivity contribution in [1.82, 2.24) is 5.32 Å². The lowest BCUT2D eigenvalue weighted by Crippen LogP contribution is -2.24. The molecule has 0 aromatic heterocycles. The highest BCUT2D eigenvalue weighted by molar-refractivity contribution is 5.75. The Bertz CT molecular complexity index is 353. The molecule has 1 aliphatic carbocycles. The van der Waals surface area contributed by atoms with Crippen LogP contribution in [0, 0.1) is 5.92 Å². The van der Waals surface area contributed by atoms with Crippen molar-refractivity contribution < 1.29 is 14.7 Å². The van der Waals surface area contributed by atoms with E-state index >= 15 is 0 Å². The largest absolute Gasteiger partial charge is 0.481 e. The van der Waals surface area contributed by atoms with E-state index in [-0.39, 0.29) is 12.3 Å². The third kappa shape index (κ3) is 19.2. The van der Waals surface area contributed by atoms with Crippen LogP contribution in [0.1, 0.15) is 104 Å². The maximum Gasteiger partial charge on any atom is 0.303 e. The number of rotatable bonds is 12. The Morgan fingerprint density at radius 3 is 2.12 bits per heavy atom. The van der Waals surface area contributed by atoms with Crippen molar-refractivity contribution >= 4 is 11.9 Å². The summed E-state index contributed by atoms with van der Waals surface area (Å²) >= 11 is 0. The molecule has 0 aliphatic heterocycles. The van der Waals surface area contributed by atoms with Gasteiger partial charge in [-0.15, -0.1) is 0 Å². The van der Waals surface area contributed by atoms with Crippen molar-refractivity contribution in [3.8, 4) is 0 Å². The van der Waals surface area contributed by atoms with Gasteiger partial charge in [-0.1, -0.05) is 58.8 Å². The molecule has 1 aliphatic rings. The Kier molecular flexibility index (Phi) is 16.6. The number of aliphatic carboxylic acids is 1. The summed E-state index contributed by atoms with van der Waals surface area (Å²) in [5.74, 6) is 0.132. The Morgan fingerprint density at radius 2 is 1.58 bits per heavy atom. The standard InChI is InChI=1S/C15H29NO3.C6H13N/c1-13(2)9-5-3-6-10-14(17)16-12-8-4-7-11-15(18)19;7-6-4-2-1-3-5-6/h13H,3-12H2,1-2H3,(H,16,17)(H,18,19);6H,1-5,7H2. The topological polar surface area (TPSA) is 92.4 Å². The number of carbonyl (C=O) groups excluding carboxylic acids is 1. The average molecular weight is 371 g/mol. The first-order valence-electron chi connectivity index (χ1n) is 10.7. The summed E-state index contributed by atoms with van der Waals surface area (Å²) in [6.07, 6.45) is 14.5. The quantitative estimate of drug-likeness (QED) is 0.437. The molecule has 154 valence electrons. The fraction of sp³-hybridized carbons (Fsp3) is 0.905. The molecule has 5 nitrogen and oxygen atoms in total. The summed E-state index contributed by atoms with van der Waals surface area (Å²) in [5, 5.41) is 11.3. The SMILES string of the molecule is CC(C)CCCCCC(=O)NCCCCCC(=O)O.NC1CCCCC1. The van der Waals surface area contributed by atoms with Gasteiger partial charge in [0.25, 0.3) is 0 Å². The minimum Gasteiger partial charge on any atom is -0.481 e. The zero-order chi connectivity index (χ0) is 19.6. The molecule has 0 aromatic rings. The van der Waals surface area contributed by atoms with Gasteiger partial charge < -0.3 is 16.2 Å². The van der Waals surface area contributed by atoms with E-state index in [0.717, 1.165) is 31.6 Å². The van der Waals surface area contributed by atoms with Crippen LogP contribution in [0.4, 0.5) is 0 Å². The molecule has 4 N–H and O–H groups in total. The van der Waals surface area contributed by atoms with Gasteiger partial charge >= 0.3 is 5.97 Å². The number of hydrogen-bond donors (Lipinski definition) is 3. The van der Waals surface area contributed by atoms with Gasteiger partial charge in [-0.3, -0.25) is 9.59 Å². The second-order valence-corrected chi connectivity index (χ2v) is 7.95. The molecule has 5 heteroatoms. The van der Waals surface area contributed by atoms with Crippen LogP contribution >= 0.6 is 0 Å². The van der Waals surface area contributed by atoms with Crippen LogP contribution in [-0.2, 0) is 9.59 Å². The average Bonchev–Trinajstić information content (AvgIpc) is 2.58. The summed E-state index contributed by atoms with van der Waals surface area (Å²) in [6, 6.07) is 0.536. The number of carboxylic acid groups (broad SMARTS) is 1. The van der Waals surface area contributed by atoms with Crippen LogP contribution < -0.4 is 11.1 Å². The lowest BCUT2D eigenvalue weighted by Gasteiger charge is -2.15. The van der Waals surface area contributed by atoms with E-state index < -0.39 is 5.97 Å². The number of carboxylic acids is 1. The number of hydrogen-bond acceptors (Lipinski definition) is 3. The molecule has 0 radical (unpaired) electrons. The number of unbranched alkanes of at least 4 members (excludes halogenated alkanes) is 4. The number of nitrogens with two attached hydrogens (primary N) is 1. The zero-order valence-corrected chi connectivity index (χ0v) is 17.1. The highest BCUT2D eigenvalue weighted by Gasteiger charge is 2.06. The van der Waals surface area contributed by atoms with E-state index in [1.165, 1.54) is 44.9 Å². The van der Waals surface area contributed by atoms with Gasteiger partial charge in [0.2, 0.25) is 5.91 Å². The molecule has 1 saturated carbocycles. The van der Waals surface area contributed by atoms with E-state index in [9.17, 15) is 9.59 Å². The molecule has 1 rings (SSSR count). The molecule has 0 spiro atoms. The van der Waals surface area contributed by atoms with E-state index in [4.69, 9.17) is 10.8 Å². The second-order valence-electron chi connectivity index (χ2n) is 7.95. The van der Waals surface area contributed by atoms with Crippen LogP contribution in [0.5, 0.6) is 0 Å². The van der Waals surface area contributed by atoms with Crippen molar-refractivity contribution in [3.05, 3.63) is 0 Å². The lowest BCUT2D eigenvalue weighted by molar-refractivity contribution is -0.137. The molecule has 0 heterocycles. The fourth-order valence-corrected chi connectivity index (χ4v) is 3.04. The molecule has 1 fully saturated rings. The summed E-state index contributed by atoms with van der Waals surface area (Å²) in [5.41, 5.74) is 5.63. The monoisotopic (exact) mass is 370 g/mol. The van der Waals surface area contributed by atoms with Crippen molar-refractivity contribution in [3.63, 3.8) is 0 Å². The van der Waals surface area contributed by atoms with Gasteiger partial charge in [0, 0.05) is 25.4 Å². The summed E-state index contributed by atoms with van der Waals surface area (Å²) in [6.45, 7) is 5.11. The molecule has 0 bridgehead atoms. The van der Waals surface area contributed by atoms with Gasteiger partial charge in [0.05, 0.1) is 0 Å². The van der Waals surface area contributed by atoms with Gasteiger partial charge in [0.15, 0.2) is 0 Å². The van der Waals surface area contributed by atoms with Gasteiger partial charge in [-0.2, -0.15) is 0 Å². The van der Waals surface area contributed by atoms with Gasteiger partial charge in [0.1, 0.15) is 0 Å². The Morgan fingerprint density at radius 1 is 0.962 bits per heavy atom. The highest BCUT2D eigenvalue weighted by Crippen LogP contribution is 2.14. The molecule has 0 unspecified atom stereocenters. The van der Waals surface area contributed by atoms with Crippen molar-refractivity contribution in [2.24, 2.45) is 11.7 Å². The Hall–Kier alpha value is -1.10. The molecule has 26 heavy (non-hydrogen) atoms. The first-order chi connectivity index (χ1) is 12.4. The Labute approximate surface area is 160 Å². The first kappa shape index (κ1) is 24.9. The van der Waals surface area contributed by atoms with E-state index in [1.54, 1.807) is 0 Å². The van der Waals surface area contributed by atoms with Crippen molar-refractivity contribution in [2.45, 2.75) is 110 Å². The van der Waals surface area contributed by atoms with E-state index in [2.05, 4.69) is 19.2 Å². The minimum atomic E-state index is -0.745. The first-order valence-corrected chi connectivity index (χ1v) is 10.7. The van der Waals surface area contributed by atoms with E-state index in [1.807, 2.05) is 0 Å². The van der Waals surface area contributed by atoms with Gasteiger partial charge in [-0.25, -0.2) is 0 Å². The molecular weight excluding hydrogens is 328 g/mol. The normalized spacial score (nSPS) is 14.6. The van der Waals surface area contributed by atoms with Crippen LogP contribution in [0.15, 0.2) is 0 Å². The molecular formula is C21H42N2O3. The maximum absolute atomic E-state index is 11.5. The summed E-state index contributed by atoms with van der Waals surface area (Å²) in [7, 11) is 0. The third-order valence-corrected chi connectivity index (χ3v) is 4.72. The number of amides is 1. The summed E-state index contributed by atoms with van der Waals surface area (Å²) < 4.78 is 0. The zero-order valence-electron chi connectivity index (χ0n) is 17.1.